The Morgan fingerprint density at radius 1 is 1.19 bits per heavy atom. The molecule has 0 spiro atoms. The number of hydrogen-bond donors (Lipinski definition) is 1. The van der Waals surface area contributed by atoms with Crippen molar-refractivity contribution in [2.24, 2.45) is 0 Å². The van der Waals surface area contributed by atoms with Gasteiger partial charge in [0, 0.05) is 18.1 Å². The monoisotopic (exact) mass is 377 g/mol. The number of alkyl halides is 3. The molecule has 26 heavy (non-hydrogen) atoms. The number of thiazole rings is 1. The third kappa shape index (κ3) is 3.75. The molecule has 0 aliphatic carbocycles. The van der Waals surface area contributed by atoms with Crippen LogP contribution < -0.4 is 5.32 Å². The molecule has 4 nitrogen and oxygen atoms in total. The molecule has 0 unspecified atom stereocenters. The molecule has 2 aromatic heterocycles. The molecule has 8 heteroatoms. The molecule has 0 aliphatic heterocycles. The number of pyridine rings is 1. The van der Waals surface area contributed by atoms with Crippen LogP contribution in [0.5, 0.6) is 0 Å². The van der Waals surface area contributed by atoms with Crippen molar-refractivity contribution in [3.63, 3.8) is 0 Å². The fourth-order valence-corrected chi connectivity index (χ4v) is 3.35. The third-order valence-electron chi connectivity index (χ3n) is 3.71. The summed E-state index contributed by atoms with van der Waals surface area (Å²) in [5.41, 5.74) is 1.56. The second-order valence-electron chi connectivity index (χ2n) is 5.66. The van der Waals surface area contributed by atoms with Crippen molar-refractivity contribution in [3.05, 3.63) is 64.6 Å². The molecular formula is C18H14F3N3OS. The summed E-state index contributed by atoms with van der Waals surface area (Å²) in [6.45, 7) is 3.48. The van der Waals surface area contributed by atoms with Gasteiger partial charge in [-0.25, -0.2) is 4.98 Å². The summed E-state index contributed by atoms with van der Waals surface area (Å²) in [4.78, 5) is 21.1. The van der Waals surface area contributed by atoms with Crippen LogP contribution >= 0.6 is 11.3 Å². The van der Waals surface area contributed by atoms with Gasteiger partial charge >= 0.3 is 6.18 Å². The van der Waals surface area contributed by atoms with Crippen LogP contribution in [-0.4, -0.2) is 15.9 Å². The summed E-state index contributed by atoms with van der Waals surface area (Å²) in [7, 11) is 0. The predicted octanol–water partition coefficient (Wildman–Crippen LogP) is 5.09. The van der Waals surface area contributed by atoms with E-state index >= 15 is 0 Å². The summed E-state index contributed by atoms with van der Waals surface area (Å²) < 4.78 is 38.7. The van der Waals surface area contributed by atoms with Gasteiger partial charge in [0.25, 0.3) is 5.91 Å². The summed E-state index contributed by atoms with van der Waals surface area (Å²) in [5.74, 6) is -0.411. The lowest BCUT2D eigenvalue weighted by Gasteiger charge is -2.08. The molecule has 134 valence electrons. The first-order valence-electron chi connectivity index (χ1n) is 7.62. The van der Waals surface area contributed by atoms with E-state index in [9.17, 15) is 18.0 Å². The smallest absolute Gasteiger partial charge is 0.320 e. The zero-order valence-corrected chi connectivity index (χ0v) is 14.7. The highest BCUT2D eigenvalue weighted by atomic mass is 32.1. The summed E-state index contributed by atoms with van der Waals surface area (Å²) in [5, 5.41) is 2.93. The normalized spacial score (nSPS) is 11.4. The second-order valence-corrected chi connectivity index (χ2v) is 6.66. The van der Waals surface area contributed by atoms with E-state index in [1.54, 1.807) is 31.5 Å². The van der Waals surface area contributed by atoms with Crippen molar-refractivity contribution >= 4 is 22.9 Å². The van der Waals surface area contributed by atoms with Gasteiger partial charge < -0.3 is 5.32 Å². The number of halogens is 3. The number of rotatable bonds is 3. The molecule has 1 N–H and O–H groups in total. The summed E-state index contributed by atoms with van der Waals surface area (Å²) in [6, 6.07) is 6.66. The SMILES string of the molecule is Cc1cnccc1NC(=O)c1nc(C)c(-c2cccc(C(F)(F)F)c2)s1. The fraction of sp³-hybridized carbons (Fsp3) is 0.167. The molecule has 0 radical (unpaired) electrons. The molecule has 3 rings (SSSR count). The zero-order valence-electron chi connectivity index (χ0n) is 13.9. The van der Waals surface area contributed by atoms with Crippen molar-refractivity contribution in [1.82, 2.24) is 9.97 Å². The van der Waals surface area contributed by atoms with Gasteiger partial charge in [0.1, 0.15) is 0 Å². The topological polar surface area (TPSA) is 54.9 Å². The average Bonchev–Trinajstić information content (AvgIpc) is 2.98. The zero-order chi connectivity index (χ0) is 18.9. The van der Waals surface area contributed by atoms with Gasteiger partial charge in [-0.2, -0.15) is 13.2 Å². The lowest BCUT2D eigenvalue weighted by Crippen LogP contribution is -2.12. The highest BCUT2D eigenvalue weighted by molar-refractivity contribution is 7.17. The van der Waals surface area contributed by atoms with Crippen molar-refractivity contribution in [3.8, 4) is 10.4 Å². The standard InChI is InChI=1S/C18H14F3N3OS/c1-10-9-22-7-6-14(10)24-16(25)17-23-11(2)15(26-17)12-4-3-5-13(8-12)18(19,20)21/h3-9H,1-2H3,(H,22,24,25). The minimum absolute atomic E-state index is 0.186. The number of carbonyl (C=O) groups is 1. The van der Waals surface area contributed by atoms with Gasteiger partial charge in [0.15, 0.2) is 5.01 Å². The van der Waals surface area contributed by atoms with Crippen LogP contribution in [0, 0.1) is 13.8 Å². The number of nitrogens with zero attached hydrogens (tertiary/aromatic N) is 2. The van der Waals surface area contributed by atoms with E-state index in [1.165, 1.54) is 6.07 Å². The summed E-state index contributed by atoms with van der Waals surface area (Å²) in [6.07, 6.45) is -1.24. The molecule has 0 saturated carbocycles. The minimum Gasteiger partial charge on any atom is -0.320 e. The van der Waals surface area contributed by atoms with Gasteiger partial charge in [-0.3, -0.25) is 9.78 Å². The Labute approximate surface area is 151 Å². The number of hydrogen-bond acceptors (Lipinski definition) is 4. The van der Waals surface area contributed by atoms with E-state index < -0.39 is 17.6 Å². The van der Waals surface area contributed by atoms with Gasteiger partial charge in [0.05, 0.1) is 16.1 Å². The number of nitrogens with one attached hydrogen (secondary N) is 1. The van der Waals surface area contributed by atoms with Gasteiger partial charge in [0.2, 0.25) is 0 Å². The highest BCUT2D eigenvalue weighted by Crippen LogP contribution is 2.35. The third-order valence-corrected chi connectivity index (χ3v) is 4.92. The van der Waals surface area contributed by atoms with E-state index in [-0.39, 0.29) is 5.01 Å². The quantitative estimate of drug-likeness (QED) is 0.691. The van der Waals surface area contributed by atoms with Crippen LogP contribution in [0.3, 0.4) is 0 Å². The number of amides is 1. The van der Waals surface area contributed by atoms with Crippen LogP contribution in [0.2, 0.25) is 0 Å². The van der Waals surface area contributed by atoms with E-state index in [1.807, 2.05) is 6.92 Å². The molecular weight excluding hydrogens is 363 g/mol. The summed E-state index contributed by atoms with van der Waals surface area (Å²) >= 11 is 1.06. The first-order valence-corrected chi connectivity index (χ1v) is 8.44. The largest absolute Gasteiger partial charge is 0.416 e. The number of anilines is 1. The van der Waals surface area contributed by atoms with Crippen LogP contribution in [0.4, 0.5) is 18.9 Å². The van der Waals surface area contributed by atoms with Crippen LogP contribution in [0.1, 0.15) is 26.6 Å². The maximum absolute atomic E-state index is 12.9. The molecule has 1 aromatic carbocycles. The molecule has 0 bridgehead atoms. The van der Waals surface area contributed by atoms with Gasteiger partial charge in [-0.05, 0) is 43.2 Å². The molecule has 2 heterocycles. The Morgan fingerprint density at radius 3 is 2.65 bits per heavy atom. The van der Waals surface area contributed by atoms with Crippen molar-refractivity contribution in [1.29, 1.82) is 0 Å². The van der Waals surface area contributed by atoms with Crippen LogP contribution in [0.15, 0.2) is 42.7 Å². The molecule has 1 amide bonds. The molecule has 0 aliphatic rings. The Balaban J connectivity index is 1.90. The van der Waals surface area contributed by atoms with Crippen molar-refractivity contribution in [2.45, 2.75) is 20.0 Å². The number of aromatic nitrogens is 2. The average molecular weight is 377 g/mol. The van der Waals surface area contributed by atoms with E-state index in [0.717, 1.165) is 29.0 Å². The highest BCUT2D eigenvalue weighted by Gasteiger charge is 2.30. The Hall–Kier alpha value is -2.74. The fourth-order valence-electron chi connectivity index (χ4n) is 2.39. The number of benzene rings is 1. The first kappa shape index (κ1) is 18.1. The molecule has 0 atom stereocenters. The van der Waals surface area contributed by atoms with Crippen molar-refractivity contribution < 1.29 is 18.0 Å². The lowest BCUT2D eigenvalue weighted by atomic mass is 10.1. The van der Waals surface area contributed by atoms with Crippen molar-refractivity contribution in [2.75, 3.05) is 5.32 Å². The van der Waals surface area contributed by atoms with Gasteiger partial charge in [-0.1, -0.05) is 12.1 Å². The minimum atomic E-state index is -4.42. The Morgan fingerprint density at radius 2 is 1.96 bits per heavy atom. The van der Waals surface area contributed by atoms with Crippen LogP contribution in [0.25, 0.3) is 10.4 Å². The molecule has 0 fully saturated rings. The van der Waals surface area contributed by atoms with Crippen LogP contribution in [-0.2, 0) is 6.18 Å². The molecule has 0 saturated heterocycles. The predicted molar refractivity (Wildman–Crippen MR) is 94.2 cm³/mol. The van der Waals surface area contributed by atoms with E-state index in [2.05, 4.69) is 15.3 Å². The van der Waals surface area contributed by atoms with E-state index in [0.29, 0.717) is 21.8 Å². The molecule has 3 aromatic rings. The van der Waals surface area contributed by atoms with Gasteiger partial charge in [-0.15, -0.1) is 11.3 Å². The maximum atomic E-state index is 12.9. The first-order chi connectivity index (χ1) is 12.3. The number of carbonyl (C=O) groups excluding carboxylic acids is 1. The number of aryl methyl sites for hydroxylation is 2. The second kappa shape index (κ2) is 6.87. The lowest BCUT2D eigenvalue weighted by molar-refractivity contribution is -0.137. The Bertz CT molecular complexity index is 966. The Kier molecular flexibility index (Phi) is 4.78. The maximum Gasteiger partial charge on any atom is 0.416 e. The van der Waals surface area contributed by atoms with E-state index in [4.69, 9.17) is 0 Å².